The molecule has 2 aliphatic heterocycles. The maximum Gasteiger partial charge on any atom is 0.350 e. The molecule has 1 aromatic heterocycles. The first-order valence-corrected chi connectivity index (χ1v) is 13.6. The van der Waals surface area contributed by atoms with Crippen LogP contribution >= 0.6 is 23.4 Å². The summed E-state index contributed by atoms with van der Waals surface area (Å²) in [6.45, 7) is 8.68. The second-order valence-electron chi connectivity index (χ2n) is 9.64. The molecule has 38 heavy (non-hydrogen) atoms. The van der Waals surface area contributed by atoms with E-state index in [2.05, 4.69) is 11.6 Å². The number of nitrogens with zero attached hydrogens (tertiary/aromatic N) is 4. The van der Waals surface area contributed by atoms with Gasteiger partial charge in [-0.2, -0.15) is 4.98 Å². The zero-order chi connectivity index (χ0) is 27.3. The van der Waals surface area contributed by atoms with Gasteiger partial charge in [-0.05, 0) is 38.1 Å². The average molecular weight is 561 g/mol. The van der Waals surface area contributed by atoms with E-state index in [0.717, 1.165) is 6.07 Å². The van der Waals surface area contributed by atoms with Crippen LogP contribution in [-0.2, 0) is 9.53 Å². The van der Waals surface area contributed by atoms with Gasteiger partial charge in [0.2, 0.25) is 5.91 Å². The lowest BCUT2D eigenvalue weighted by molar-refractivity contribution is -0.130. The molecule has 2 aliphatic rings. The summed E-state index contributed by atoms with van der Waals surface area (Å²) < 4.78 is 35.6. The lowest BCUT2D eigenvalue weighted by Crippen LogP contribution is -2.58. The highest BCUT2D eigenvalue weighted by molar-refractivity contribution is 7.99. The van der Waals surface area contributed by atoms with Crippen molar-refractivity contribution in [1.29, 1.82) is 0 Å². The monoisotopic (exact) mass is 560 g/mol. The van der Waals surface area contributed by atoms with Crippen LogP contribution in [0.3, 0.4) is 0 Å². The Hall–Kier alpha value is -2.95. The van der Waals surface area contributed by atoms with Gasteiger partial charge >= 0.3 is 5.69 Å². The number of rotatable bonds is 5. The van der Waals surface area contributed by atoms with Gasteiger partial charge in [0.1, 0.15) is 17.5 Å². The van der Waals surface area contributed by atoms with Crippen molar-refractivity contribution in [3.8, 4) is 11.1 Å². The molecule has 0 bridgehead atoms. The molecule has 2 aromatic carbocycles. The van der Waals surface area contributed by atoms with E-state index >= 15 is 0 Å². The molecule has 0 radical (unpaired) electrons. The van der Waals surface area contributed by atoms with Crippen molar-refractivity contribution in [1.82, 2.24) is 14.5 Å². The number of anilines is 1. The molecule has 0 unspecified atom stereocenters. The molecule has 0 spiro atoms. The van der Waals surface area contributed by atoms with Crippen LogP contribution in [0.15, 0.2) is 46.6 Å². The maximum absolute atomic E-state index is 15.0. The average Bonchev–Trinajstić information content (AvgIpc) is 2.86. The molecule has 0 saturated carbocycles. The van der Waals surface area contributed by atoms with Gasteiger partial charge in [-0.1, -0.05) is 18.2 Å². The minimum absolute atomic E-state index is 0.151. The van der Waals surface area contributed by atoms with Gasteiger partial charge in [-0.25, -0.2) is 13.6 Å². The summed E-state index contributed by atoms with van der Waals surface area (Å²) in [5, 5.41) is 0.914. The smallest absolute Gasteiger partial charge is 0.350 e. The third-order valence-corrected chi connectivity index (χ3v) is 8.62. The van der Waals surface area contributed by atoms with Crippen LogP contribution in [0.4, 0.5) is 14.6 Å². The Bertz CT molecular complexity index is 1500. The number of benzene rings is 2. The van der Waals surface area contributed by atoms with Crippen molar-refractivity contribution in [2.24, 2.45) is 0 Å². The number of halogens is 3. The summed E-state index contributed by atoms with van der Waals surface area (Å²) in [5.74, 6) is -0.633. The highest BCUT2D eigenvalue weighted by atomic mass is 35.5. The van der Waals surface area contributed by atoms with E-state index in [1.165, 1.54) is 30.0 Å². The van der Waals surface area contributed by atoms with Gasteiger partial charge in [0.05, 0.1) is 23.2 Å². The summed E-state index contributed by atoms with van der Waals surface area (Å²) in [6.07, 6.45) is 1.30. The molecule has 3 atom stereocenters. The predicted octanol–water partition coefficient (Wildman–Crippen LogP) is 4.90. The molecule has 1 fully saturated rings. The van der Waals surface area contributed by atoms with Crippen LogP contribution in [0, 0.1) is 11.6 Å². The van der Waals surface area contributed by atoms with E-state index in [0.29, 0.717) is 52.6 Å². The van der Waals surface area contributed by atoms with Crippen LogP contribution in [0.2, 0.25) is 5.02 Å². The van der Waals surface area contributed by atoms with E-state index in [1.54, 1.807) is 22.6 Å². The zero-order valence-electron chi connectivity index (χ0n) is 21.2. The Kier molecular flexibility index (Phi) is 7.23. The lowest BCUT2D eigenvalue weighted by atomic mass is 10.0. The molecule has 11 heteroatoms. The Morgan fingerprint density at radius 3 is 2.61 bits per heavy atom. The number of hydrogen-bond acceptors (Lipinski definition) is 6. The number of methoxy groups -OCH3 is 1. The number of aromatic nitrogens is 2. The van der Waals surface area contributed by atoms with Crippen molar-refractivity contribution in [2.75, 3.05) is 37.5 Å². The number of carbonyl (C=O) groups is 1. The number of carbonyl (C=O) groups excluding carboxylic acids is 1. The third kappa shape index (κ3) is 4.38. The summed E-state index contributed by atoms with van der Waals surface area (Å²) >= 11 is 8.26. The first-order valence-electron chi connectivity index (χ1n) is 12.2. The number of piperazine rings is 1. The van der Waals surface area contributed by atoms with Crippen LogP contribution in [0.25, 0.3) is 22.0 Å². The minimum atomic E-state index is -0.740. The third-order valence-electron chi connectivity index (χ3n) is 7.09. The molecule has 1 saturated heterocycles. The summed E-state index contributed by atoms with van der Waals surface area (Å²) in [4.78, 5) is 34.9. The first-order chi connectivity index (χ1) is 18.2. The Morgan fingerprint density at radius 2 is 1.97 bits per heavy atom. The van der Waals surface area contributed by atoms with Crippen molar-refractivity contribution in [2.45, 2.75) is 36.9 Å². The fourth-order valence-corrected chi connectivity index (χ4v) is 7.27. The summed E-state index contributed by atoms with van der Waals surface area (Å²) in [7, 11) is 1.57. The fourth-order valence-electron chi connectivity index (χ4n) is 5.59. The van der Waals surface area contributed by atoms with Crippen LogP contribution in [0.1, 0.15) is 19.9 Å². The van der Waals surface area contributed by atoms with Gasteiger partial charge in [0, 0.05) is 65.5 Å². The highest BCUT2D eigenvalue weighted by Crippen LogP contribution is 2.48. The second kappa shape index (κ2) is 10.3. The molecule has 0 N–H and O–H groups in total. The molecular weight excluding hydrogens is 534 g/mol. The normalized spacial score (nSPS) is 21.2. The number of amides is 1. The molecule has 7 nitrogen and oxygen atoms in total. The molecule has 5 rings (SSSR count). The van der Waals surface area contributed by atoms with Gasteiger partial charge in [-0.15, -0.1) is 11.8 Å². The SMILES string of the molecule is C=CC(=O)N1[C@H](C)CN(c2nc(=O)n3c4c(c(-c5ccc(F)cc5F)c(Cl)cc24)SC[C@@H]3COC)C[C@@H]1C. The van der Waals surface area contributed by atoms with E-state index in [-0.39, 0.29) is 34.6 Å². The number of hydrogen-bond donors (Lipinski definition) is 0. The van der Waals surface area contributed by atoms with E-state index in [1.807, 2.05) is 18.7 Å². The van der Waals surface area contributed by atoms with Crippen LogP contribution < -0.4 is 10.6 Å². The van der Waals surface area contributed by atoms with E-state index in [4.69, 9.17) is 16.3 Å². The summed E-state index contributed by atoms with van der Waals surface area (Å²) in [6, 6.07) is 4.46. The van der Waals surface area contributed by atoms with Crippen LogP contribution in [0.5, 0.6) is 0 Å². The van der Waals surface area contributed by atoms with Crippen LogP contribution in [-0.4, -0.2) is 65.0 Å². The van der Waals surface area contributed by atoms with Gasteiger partial charge in [0.15, 0.2) is 0 Å². The molecule has 3 aromatic rings. The van der Waals surface area contributed by atoms with Crippen molar-refractivity contribution in [3.05, 3.63) is 64.1 Å². The Morgan fingerprint density at radius 1 is 1.26 bits per heavy atom. The molecule has 1 amide bonds. The minimum Gasteiger partial charge on any atom is -0.383 e. The number of ether oxygens (including phenoxy) is 1. The van der Waals surface area contributed by atoms with Crippen molar-refractivity contribution in [3.63, 3.8) is 0 Å². The van der Waals surface area contributed by atoms with Crippen molar-refractivity contribution >= 4 is 46.0 Å². The largest absolute Gasteiger partial charge is 0.383 e. The topological polar surface area (TPSA) is 67.7 Å². The predicted molar refractivity (Wildman–Crippen MR) is 146 cm³/mol. The van der Waals surface area contributed by atoms with E-state index < -0.39 is 17.3 Å². The Balaban J connectivity index is 1.75. The van der Waals surface area contributed by atoms with Crippen molar-refractivity contribution < 1.29 is 18.3 Å². The van der Waals surface area contributed by atoms with Gasteiger partial charge < -0.3 is 14.5 Å². The number of thioether (sulfide) groups is 1. The standard InChI is InChI=1S/C27H27ClF2N4O3S/c1-5-22(35)33-14(2)10-32(11-15(33)3)26-19-9-20(28)23(18-7-6-16(29)8-21(18)30)25-24(19)34(27(36)31-26)17(12-37-4)13-38-25/h5-9,14-15,17H,1,10-13H2,2-4H3/t14-,15+,17-/m0/s1. The second-order valence-corrected chi connectivity index (χ2v) is 11.1. The lowest BCUT2D eigenvalue weighted by Gasteiger charge is -2.45. The molecule has 0 aliphatic carbocycles. The highest BCUT2D eigenvalue weighted by Gasteiger charge is 2.35. The Labute approximate surface area is 228 Å². The summed E-state index contributed by atoms with van der Waals surface area (Å²) in [5.41, 5.74) is 0.702. The molecule has 200 valence electrons. The molecule has 3 heterocycles. The van der Waals surface area contributed by atoms with E-state index in [9.17, 15) is 18.4 Å². The fraction of sp³-hybridized carbons (Fsp3) is 0.370. The maximum atomic E-state index is 15.0. The quantitative estimate of drug-likeness (QED) is 0.414. The zero-order valence-corrected chi connectivity index (χ0v) is 22.8. The van der Waals surface area contributed by atoms with Gasteiger partial charge in [-0.3, -0.25) is 9.36 Å². The van der Waals surface area contributed by atoms with Gasteiger partial charge in [0.25, 0.3) is 0 Å². The molecular formula is C27H27ClF2N4O3S. The first kappa shape index (κ1) is 26.6.